The molecule has 0 fully saturated rings. The molecule has 1 heterocycles. The van der Waals surface area contributed by atoms with Gasteiger partial charge < -0.3 is 10.5 Å². The Balaban J connectivity index is 2.26. The Labute approximate surface area is 121 Å². The van der Waals surface area contributed by atoms with E-state index in [-0.39, 0.29) is 0 Å². The summed E-state index contributed by atoms with van der Waals surface area (Å²) in [7, 11) is 1.91. The Hall–Kier alpha value is -1.49. The minimum Gasteiger partial charge on any atom is -0.487 e. The summed E-state index contributed by atoms with van der Waals surface area (Å²) in [6.45, 7) is 6.42. The zero-order chi connectivity index (χ0) is 14.2. The Kier molecular flexibility index (Phi) is 3.85. The number of nitrogens with zero attached hydrogens (tertiary/aromatic N) is 2. The molecule has 0 amide bonds. The van der Waals surface area contributed by atoms with Gasteiger partial charge in [-0.05, 0) is 48.3 Å². The van der Waals surface area contributed by atoms with Crippen molar-refractivity contribution in [3.05, 3.63) is 39.1 Å². The van der Waals surface area contributed by atoms with Gasteiger partial charge in [0, 0.05) is 18.3 Å². The third-order valence-corrected chi connectivity index (χ3v) is 4.29. The maximum atomic E-state index is 5.94. The minimum absolute atomic E-state index is 0.461. The van der Waals surface area contributed by atoms with E-state index < -0.39 is 0 Å². The van der Waals surface area contributed by atoms with Crippen LogP contribution in [0.1, 0.15) is 22.5 Å². The Morgan fingerprint density at radius 1 is 1.32 bits per heavy atom. The molecule has 2 aromatic rings. The third-order valence-electron chi connectivity index (χ3n) is 3.26. The lowest BCUT2D eigenvalue weighted by Crippen LogP contribution is -2.06. The van der Waals surface area contributed by atoms with Crippen LogP contribution in [0.5, 0.6) is 5.75 Å². The minimum atomic E-state index is 0.461. The number of nitrogen functional groups attached to an aromatic ring is 1. The molecule has 102 valence electrons. The number of aryl methyl sites for hydroxylation is 3. The van der Waals surface area contributed by atoms with Gasteiger partial charge in [0.05, 0.1) is 15.9 Å². The van der Waals surface area contributed by atoms with Crippen LogP contribution in [0.4, 0.5) is 5.69 Å². The zero-order valence-corrected chi connectivity index (χ0v) is 13.2. The zero-order valence-electron chi connectivity index (χ0n) is 11.6. The summed E-state index contributed by atoms with van der Waals surface area (Å²) < 4.78 is 8.76. The predicted octanol–water partition coefficient (Wildman–Crippen LogP) is 3.27. The Bertz CT molecular complexity index is 620. The van der Waals surface area contributed by atoms with Crippen LogP contribution in [0.3, 0.4) is 0 Å². The standard InChI is InChI=1S/C14H18BrN3O/c1-8-5-6-11(16)9(2)14(8)19-7-12-13(15)10(3)17-18(12)4/h5-6H,7,16H2,1-4H3. The molecule has 5 heteroatoms. The van der Waals surface area contributed by atoms with Crippen molar-refractivity contribution >= 4 is 21.6 Å². The number of anilines is 1. The average Bonchev–Trinajstić information content (AvgIpc) is 2.60. The van der Waals surface area contributed by atoms with Crippen molar-refractivity contribution in [2.75, 3.05) is 5.73 Å². The van der Waals surface area contributed by atoms with Crippen LogP contribution in [-0.4, -0.2) is 9.78 Å². The van der Waals surface area contributed by atoms with E-state index in [1.165, 1.54) is 0 Å². The normalized spacial score (nSPS) is 10.8. The second-order valence-corrected chi connectivity index (χ2v) is 5.48. The SMILES string of the molecule is Cc1ccc(N)c(C)c1OCc1c(Br)c(C)nn1C. The topological polar surface area (TPSA) is 53.1 Å². The van der Waals surface area contributed by atoms with E-state index in [4.69, 9.17) is 10.5 Å². The van der Waals surface area contributed by atoms with Gasteiger partial charge in [-0.3, -0.25) is 4.68 Å². The molecule has 0 bridgehead atoms. The molecule has 0 saturated carbocycles. The molecule has 2 N–H and O–H groups in total. The van der Waals surface area contributed by atoms with Crippen LogP contribution in [0.2, 0.25) is 0 Å². The largest absolute Gasteiger partial charge is 0.487 e. The van der Waals surface area contributed by atoms with E-state index in [1.807, 2.05) is 44.6 Å². The fraction of sp³-hybridized carbons (Fsp3) is 0.357. The van der Waals surface area contributed by atoms with Gasteiger partial charge in [-0.25, -0.2) is 0 Å². The van der Waals surface area contributed by atoms with Crippen LogP contribution in [0, 0.1) is 20.8 Å². The van der Waals surface area contributed by atoms with Crippen molar-refractivity contribution in [3.8, 4) is 5.75 Å². The molecule has 0 aliphatic rings. The molecule has 1 aromatic heterocycles. The van der Waals surface area contributed by atoms with E-state index in [0.717, 1.165) is 38.4 Å². The highest BCUT2D eigenvalue weighted by atomic mass is 79.9. The summed E-state index contributed by atoms with van der Waals surface area (Å²) >= 11 is 3.54. The molecule has 0 atom stereocenters. The highest BCUT2D eigenvalue weighted by Crippen LogP contribution is 2.29. The first-order valence-electron chi connectivity index (χ1n) is 6.08. The quantitative estimate of drug-likeness (QED) is 0.882. The molecular weight excluding hydrogens is 306 g/mol. The number of hydrogen-bond donors (Lipinski definition) is 1. The van der Waals surface area contributed by atoms with Gasteiger partial charge in [-0.1, -0.05) is 6.07 Å². The first-order valence-corrected chi connectivity index (χ1v) is 6.87. The second kappa shape index (κ2) is 5.25. The Morgan fingerprint density at radius 2 is 2.00 bits per heavy atom. The maximum Gasteiger partial charge on any atom is 0.131 e. The van der Waals surface area contributed by atoms with Gasteiger partial charge in [0.2, 0.25) is 0 Å². The molecule has 0 aliphatic carbocycles. The van der Waals surface area contributed by atoms with Crippen molar-refractivity contribution in [2.45, 2.75) is 27.4 Å². The number of rotatable bonds is 3. The summed E-state index contributed by atoms with van der Waals surface area (Å²) in [4.78, 5) is 0. The predicted molar refractivity (Wildman–Crippen MR) is 80.3 cm³/mol. The van der Waals surface area contributed by atoms with Gasteiger partial charge in [0.1, 0.15) is 12.4 Å². The van der Waals surface area contributed by atoms with Crippen LogP contribution < -0.4 is 10.5 Å². The Morgan fingerprint density at radius 3 is 2.58 bits per heavy atom. The van der Waals surface area contributed by atoms with E-state index in [9.17, 15) is 0 Å². The van der Waals surface area contributed by atoms with Gasteiger partial charge in [0.25, 0.3) is 0 Å². The fourth-order valence-electron chi connectivity index (χ4n) is 2.04. The van der Waals surface area contributed by atoms with Crippen LogP contribution in [0.25, 0.3) is 0 Å². The van der Waals surface area contributed by atoms with Gasteiger partial charge in [0.15, 0.2) is 0 Å². The third kappa shape index (κ3) is 2.61. The lowest BCUT2D eigenvalue weighted by molar-refractivity contribution is 0.290. The number of halogens is 1. The molecule has 0 radical (unpaired) electrons. The first kappa shape index (κ1) is 13.9. The van der Waals surface area contributed by atoms with Crippen molar-refractivity contribution in [1.82, 2.24) is 9.78 Å². The summed E-state index contributed by atoms with van der Waals surface area (Å²) in [5, 5.41) is 4.35. The molecule has 0 aliphatic heterocycles. The number of nitrogens with two attached hydrogens (primary N) is 1. The fourth-order valence-corrected chi connectivity index (χ4v) is 2.49. The number of ether oxygens (including phenoxy) is 1. The molecule has 19 heavy (non-hydrogen) atoms. The molecule has 2 rings (SSSR count). The van der Waals surface area contributed by atoms with Crippen molar-refractivity contribution in [3.63, 3.8) is 0 Å². The molecule has 0 unspecified atom stereocenters. The van der Waals surface area contributed by atoms with Gasteiger partial charge in [-0.2, -0.15) is 5.10 Å². The van der Waals surface area contributed by atoms with E-state index >= 15 is 0 Å². The van der Waals surface area contributed by atoms with E-state index in [1.54, 1.807) is 0 Å². The molecule has 0 spiro atoms. The maximum absolute atomic E-state index is 5.94. The van der Waals surface area contributed by atoms with Crippen molar-refractivity contribution < 1.29 is 4.74 Å². The number of benzene rings is 1. The van der Waals surface area contributed by atoms with Gasteiger partial charge >= 0.3 is 0 Å². The molecule has 4 nitrogen and oxygen atoms in total. The highest BCUT2D eigenvalue weighted by molar-refractivity contribution is 9.10. The van der Waals surface area contributed by atoms with Gasteiger partial charge in [-0.15, -0.1) is 0 Å². The number of hydrogen-bond acceptors (Lipinski definition) is 3. The molecule has 1 aromatic carbocycles. The highest BCUT2D eigenvalue weighted by Gasteiger charge is 2.13. The number of aromatic nitrogens is 2. The summed E-state index contributed by atoms with van der Waals surface area (Å²) in [5.41, 5.74) is 10.7. The first-order chi connectivity index (χ1) is 8.91. The monoisotopic (exact) mass is 323 g/mol. The lowest BCUT2D eigenvalue weighted by atomic mass is 10.1. The lowest BCUT2D eigenvalue weighted by Gasteiger charge is -2.14. The average molecular weight is 324 g/mol. The van der Waals surface area contributed by atoms with E-state index in [0.29, 0.717) is 6.61 Å². The summed E-state index contributed by atoms with van der Waals surface area (Å²) in [6.07, 6.45) is 0. The van der Waals surface area contributed by atoms with Crippen molar-refractivity contribution in [2.24, 2.45) is 7.05 Å². The van der Waals surface area contributed by atoms with Crippen LogP contribution in [0.15, 0.2) is 16.6 Å². The summed E-state index contributed by atoms with van der Waals surface area (Å²) in [5.74, 6) is 0.853. The molecule has 0 saturated heterocycles. The van der Waals surface area contributed by atoms with Crippen molar-refractivity contribution in [1.29, 1.82) is 0 Å². The molecular formula is C14H18BrN3O. The smallest absolute Gasteiger partial charge is 0.131 e. The van der Waals surface area contributed by atoms with Crippen LogP contribution >= 0.6 is 15.9 Å². The van der Waals surface area contributed by atoms with E-state index in [2.05, 4.69) is 21.0 Å². The van der Waals surface area contributed by atoms with Crippen LogP contribution in [-0.2, 0) is 13.7 Å². The second-order valence-electron chi connectivity index (χ2n) is 4.68. The summed E-state index contributed by atoms with van der Waals surface area (Å²) in [6, 6.07) is 3.88.